The van der Waals surface area contributed by atoms with Crippen LogP contribution in [0.1, 0.15) is 277 Å². The Bertz CT molecular complexity index is 1040. The monoisotopic (exact) mass is 914 g/mol. The molecule has 0 saturated carbocycles. The maximum atomic E-state index is 12.9. The lowest BCUT2D eigenvalue weighted by Crippen LogP contribution is -2.46. The van der Waals surface area contributed by atoms with E-state index in [0.717, 1.165) is 38.5 Å². The third-order valence-corrected chi connectivity index (χ3v) is 13.7. The van der Waals surface area contributed by atoms with Gasteiger partial charge in [0.2, 0.25) is 5.91 Å². The third kappa shape index (κ3) is 49.0. The fourth-order valence-corrected chi connectivity index (χ4v) is 9.13. The average Bonchev–Trinajstić information content (AvgIpc) is 3.24. The van der Waals surface area contributed by atoms with Crippen molar-refractivity contribution in [2.24, 2.45) is 0 Å². The molecule has 0 aromatic rings. The fourth-order valence-electron chi connectivity index (χ4n) is 8.40. The zero-order chi connectivity index (χ0) is 46.4. The lowest BCUT2D eigenvalue weighted by Gasteiger charge is -2.26. The minimum atomic E-state index is -4.31. The number of rotatable bonds is 51. The standard InChI is InChI=1S/C54H109N2O6P/c1-6-8-10-12-14-16-18-20-21-22-23-24-25-26-27-28-29-30-31-32-33-34-35-36-38-40-42-44-46-48-54(58)55-52(51-62-63(59,60)61-50-49-56(3,4)5)53(57)47-45-43-41-39-37-19-17-15-13-11-9-7-2/h26-27,52-53,57H,6-25,28-51H2,1-5H3,(H-,55,58,59,60)/p+1/b27-26-. The van der Waals surface area contributed by atoms with Gasteiger partial charge in [0.15, 0.2) is 0 Å². The van der Waals surface area contributed by atoms with Gasteiger partial charge >= 0.3 is 7.82 Å². The number of nitrogens with zero attached hydrogens (tertiary/aromatic N) is 1. The molecule has 0 spiro atoms. The van der Waals surface area contributed by atoms with Gasteiger partial charge in [-0.25, -0.2) is 4.57 Å². The lowest BCUT2D eigenvalue weighted by atomic mass is 10.0. The summed E-state index contributed by atoms with van der Waals surface area (Å²) in [5.74, 6) is -0.141. The van der Waals surface area contributed by atoms with Crippen molar-refractivity contribution in [2.45, 2.75) is 289 Å². The van der Waals surface area contributed by atoms with Crippen LogP contribution in [-0.2, 0) is 18.4 Å². The zero-order valence-corrected chi connectivity index (χ0v) is 43.7. The van der Waals surface area contributed by atoms with Gasteiger partial charge in [-0.1, -0.05) is 244 Å². The summed E-state index contributed by atoms with van der Waals surface area (Å²) in [6.45, 7) is 4.91. The van der Waals surface area contributed by atoms with Gasteiger partial charge in [-0.3, -0.25) is 13.8 Å². The number of hydrogen-bond donors (Lipinski definition) is 3. The highest BCUT2D eigenvalue weighted by Crippen LogP contribution is 2.43. The molecule has 0 radical (unpaired) electrons. The summed E-state index contributed by atoms with van der Waals surface area (Å²) < 4.78 is 23.7. The second-order valence-electron chi connectivity index (χ2n) is 20.3. The molecule has 0 aromatic carbocycles. The molecule has 0 bridgehead atoms. The van der Waals surface area contributed by atoms with E-state index in [-0.39, 0.29) is 19.1 Å². The molecule has 3 atom stereocenters. The molecule has 9 heteroatoms. The minimum absolute atomic E-state index is 0.0771. The number of aliphatic hydroxyl groups excluding tert-OH is 1. The molecule has 0 rings (SSSR count). The van der Waals surface area contributed by atoms with Gasteiger partial charge in [0.25, 0.3) is 0 Å². The molecule has 0 aromatic heterocycles. The van der Waals surface area contributed by atoms with Gasteiger partial charge in [-0.2, -0.15) is 0 Å². The highest BCUT2D eigenvalue weighted by atomic mass is 31.2. The number of carbonyl (C=O) groups excluding carboxylic acids is 1. The Balaban J connectivity index is 4.02. The Kier molecular flexibility index (Phi) is 45.8. The molecule has 376 valence electrons. The molecular weight excluding hydrogens is 804 g/mol. The lowest BCUT2D eigenvalue weighted by molar-refractivity contribution is -0.870. The number of hydrogen-bond acceptors (Lipinski definition) is 5. The molecule has 0 aliphatic heterocycles. The molecule has 8 nitrogen and oxygen atoms in total. The predicted molar refractivity (Wildman–Crippen MR) is 272 cm³/mol. The number of quaternary nitrogens is 1. The number of nitrogens with one attached hydrogen (secondary N) is 1. The molecule has 0 saturated heterocycles. The van der Waals surface area contributed by atoms with Gasteiger partial charge in [0, 0.05) is 6.42 Å². The second-order valence-corrected chi connectivity index (χ2v) is 21.8. The first-order chi connectivity index (χ1) is 30.5. The van der Waals surface area contributed by atoms with Crippen LogP contribution in [0, 0.1) is 0 Å². The Morgan fingerprint density at radius 3 is 1.22 bits per heavy atom. The fraction of sp³-hybridized carbons (Fsp3) is 0.944. The molecule has 0 aliphatic rings. The quantitative estimate of drug-likeness (QED) is 0.0243. The van der Waals surface area contributed by atoms with E-state index in [0.29, 0.717) is 23.9 Å². The van der Waals surface area contributed by atoms with E-state index >= 15 is 0 Å². The summed E-state index contributed by atoms with van der Waals surface area (Å²) >= 11 is 0. The van der Waals surface area contributed by atoms with E-state index in [1.807, 2.05) is 21.1 Å². The topological polar surface area (TPSA) is 105 Å². The Morgan fingerprint density at radius 2 is 0.857 bits per heavy atom. The number of aliphatic hydroxyl groups is 1. The van der Waals surface area contributed by atoms with E-state index in [2.05, 4.69) is 31.3 Å². The molecule has 3 N–H and O–H groups in total. The van der Waals surface area contributed by atoms with Gasteiger partial charge in [-0.15, -0.1) is 0 Å². The van der Waals surface area contributed by atoms with Crippen LogP contribution in [0.25, 0.3) is 0 Å². The van der Waals surface area contributed by atoms with Crippen LogP contribution in [0.5, 0.6) is 0 Å². The largest absolute Gasteiger partial charge is 0.472 e. The summed E-state index contributed by atoms with van der Waals surface area (Å²) in [7, 11) is 1.63. The van der Waals surface area contributed by atoms with Crippen molar-refractivity contribution in [3.05, 3.63) is 12.2 Å². The Labute approximate surface area is 392 Å². The van der Waals surface area contributed by atoms with Crippen LogP contribution in [0.2, 0.25) is 0 Å². The van der Waals surface area contributed by atoms with Crippen molar-refractivity contribution >= 4 is 13.7 Å². The van der Waals surface area contributed by atoms with E-state index in [4.69, 9.17) is 9.05 Å². The molecule has 0 aliphatic carbocycles. The Hall–Kier alpha value is -0.760. The smallest absolute Gasteiger partial charge is 0.391 e. The number of amides is 1. The van der Waals surface area contributed by atoms with Crippen molar-refractivity contribution in [3.63, 3.8) is 0 Å². The van der Waals surface area contributed by atoms with E-state index in [9.17, 15) is 19.4 Å². The average molecular weight is 914 g/mol. The number of carbonyl (C=O) groups is 1. The Morgan fingerprint density at radius 1 is 0.524 bits per heavy atom. The number of phosphoric ester groups is 1. The van der Waals surface area contributed by atoms with E-state index < -0.39 is 20.0 Å². The summed E-state index contributed by atoms with van der Waals surface area (Å²) in [4.78, 5) is 23.2. The van der Waals surface area contributed by atoms with Crippen molar-refractivity contribution in [2.75, 3.05) is 40.9 Å². The maximum Gasteiger partial charge on any atom is 0.472 e. The third-order valence-electron chi connectivity index (χ3n) is 12.8. The van der Waals surface area contributed by atoms with Crippen molar-refractivity contribution in [3.8, 4) is 0 Å². The zero-order valence-electron chi connectivity index (χ0n) is 42.8. The first kappa shape index (κ1) is 62.2. The number of allylic oxidation sites excluding steroid dienone is 2. The summed E-state index contributed by atoms with van der Waals surface area (Å²) in [6, 6.07) is -0.756. The van der Waals surface area contributed by atoms with Crippen LogP contribution < -0.4 is 5.32 Å². The van der Waals surface area contributed by atoms with Gasteiger partial charge in [0.05, 0.1) is 39.9 Å². The predicted octanol–water partition coefficient (Wildman–Crippen LogP) is 16.3. The number of likely N-dealkylation sites (N-methyl/N-ethyl adjacent to an activating group) is 1. The number of unbranched alkanes of at least 4 members (excludes halogenated alkanes) is 36. The summed E-state index contributed by atoms with van der Waals surface area (Å²) in [5, 5.41) is 14.0. The van der Waals surface area contributed by atoms with Crippen molar-refractivity contribution in [1.82, 2.24) is 5.32 Å². The highest BCUT2D eigenvalue weighted by Gasteiger charge is 2.28. The van der Waals surface area contributed by atoms with Gasteiger partial charge < -0.3 is 19.8 Å². The minimum Gasteiger partial charge on any atom is -0.391 e. The number of phosphoric acid groups is 1. The summed E-state index contributed by atoms with van der Waals surface area (Å²) in [5.41, 5.74) is 0. The molecular formula is C54H110N2O6P+. The van der Waals surface area contributed by atoms with Crippen LogP contribution in [0.4, 0.5) is 0 Å². The molecule has 3 unspecified atom stereocenters. The van der Waals surface area contributed by atoms with Gasteiger partial charge in [-0.05, 0) is 38.5 Å². The molecule has 63 heavy (non-hydrogen) atoms. The van der Waals surface area contributed by atoms with Crippen LogP contribution in [0.15, 0.2) is 12.2 Å². The maximum absolute atomic E-state index is 12.9. The van der Waals surface area contributed by atoms with E-state index in [1.54, 1.807) is 0 Å². The molecule has 0 fully saturated rings. The van der Waals surface area contributed by atoms with Crippen molar-refractivity contribution in [1.29, 1.82) is 0 Å². The first-order valence-corrected chi connectivity index (χ1v) is 29.0. The first-order valence-electron chi connectivity index (χ1n) is 27.6. The summed E-state index contributed by atoms with van der Waals surface area (Å²) in [6.07, 6.45) is 55.6. The molecule has 0 heterocycles. The molecule has 1 amide bonds. The van der Waals surface area contributed by atoms with Crippen LogP contribution >= 0.6 is 7.82 Å². The second kappa shape index (κ2) is 46.4. The SMILES string of the molecule is CCCCCCCCCCCCCC/C=C\CCCCCCCCCCCCCCCC(=O)NC(COP(=O)(O)OCC[N+](C)(C)C)C(O)CCCCCCCCCCCCCC. The van der Waals surface area contributed by atoms with Crippen LogP contribution in [0.3, 0.4) is 0 Å². The van der Waals surface area contributed by atoms with E-state index in [1.165, 1.54) is 212 Å². The van der Waals surface area contributed by atoms with Crippen molar-refractivity contribution < 1.29 is 32.9 Å². The van der Waals surface area contributed by atoms with Gasteiger partial charge in [0.1, 0.15) is 13.2 Å². The highest BCUT2D eigenvalue weighted by molar-refractivity contribution is 7.47. The van der Waals surface area contributed by atoms with Crippen LogP contribution in [-0.4, -0.2) is 73.4 Å². The normalized spacial score (nSPS) is 14.1.